The molecule has 2 aromatic rings. The molecule has 2 heterocycles. The van der Waals surface area contributed by atoms with Crippen LogP contribution in [0.2, 0.25) is 0 Å². The Hall–Kier alpha value is -1.69. The number of carbonyl (C=O) groups is 1. The number of fused-ring (bicyclic) bond motifs is 1. The molecular formula is C14H18N4OS. The fourth-order valence-electron chi connectivity index (χ4n) is 2.57. The van der Waals surface area contributed by atoms with E-state index >= 15 is 0 Å². The maximum absolute atomic E-state index is 12.2. The van der Waals surface area contributed by atoms with Gasteiger partial charge in [-0.3, -0.25) is 9.48 Å². The lowest BCUT2D eigenvalue weighted by Crippen LogP contribution is -2.26. The van der Waals surface area contributed by atoms with E-state index in [1.165, 1.54) is 29.6 Å². The molecule has 1 amide bonds. The van der Waals surface area contributed by atoms with Crippen molar-refractivity contribution in [1.82, 2.24) is 20.1 Å². The number of hydrogen-bond acceptors (Lipinski definition) is 4. The van der Waals surface area contributed by atoms with Crippen LogP contribution >= 0.6 is 11.3 Å². The van der Waals surface area contributed by atoms with E-state index in [1.54, 1.807) is 22.3 Å². The molecule has 1 aliphatic carbocycles. The van der Waals surface area contributed by atoms with Crippen molar-refractivity contribution >= 4 is 17.2 Å². The topological polar surface area (TPSA) is 59.8 Å². The van der Waals surface area contributed by atoms with Gasteiger partial charge < -0.3 is 5.32 Å². The van der Waals surface area contributed by atoms with Gasteiger partial charge in [0, 0.05) is 23.3 Å². The van der Waals surface area contributed by atoms with Gasteiger partial charge in [0.25, 0.3) is 5.91 Å². The van der Waals surface area contributed by atoms with E-state index in [2.05, 4.69) is 15.4 Å². The summed E-state index contributed by atoms with van der Waals surface area (Å²) in [6.45, 7) is 1.45. The van der Waals surface area contributed by atoms with Crippen molar-refractivity contribution in [2.24, 2.45) is 0 Å². The van der Waals surface area contributed by atoms with E-state index in [-0.39, 0.29) is 5.91 Å². The molecule has 106 valence electrons. The van der Waals surface area contributed by atoms with Crippen molar-refractivity contribution in [2.75, 3.05) is 6.54 Å². The molecule has 0 radical (unpaired) electrons. The first-order chi connectivity index (χ1) is 9.84. The van der Waals surface area contributed by atoms with Crippen LogP contribution < -0.4 is 5.32 Å². The summed E-state index contributed by atoms with van der Waals surface area (Å²) >= 11 is 1.73. The number of aryl methyl sites for hydroxylation is 2. The van der Waals surface area contributed by atoms with Crippen molar-refractivity contribution in [3.63, 3.8) is 0 Å². The van der Waals surface area contributed by atoms with Gasteiger partial charge >= 0.3 is 0 Å². The standard InChI is InChI=1S/C14H18N4OS/c19-14(16-6-3-7-18-10-15-9-17-18)12-8-20-13-5-2-1-4-11(12)13/h8-10H,1-7H2,(H,16,19). The van der Waals surface area contributed by atoms with Gasteiger partial charge in [0.1, 0.15) is 12.7 Å². The highest BCUT2D eigenvalue weighted by atomic mass is 32.1. The summed E-state index contributed by atoms with van der Waals surface area (Å²) < 4.78 is 1.78. The molecular weight excluding hydrogens is 272 g/mol. The average Bonchev–Trinajstić information content (AvgIpc) is 3.12. The van der Waals surface area contributed by atoms with Crippen molar-refractivity contribution < 1.29 is 4.79 Å². The zero-order valence-corrected chi connectivity index (χ0v) is 12.2. The predicted octanol–water partition coefficient (Wildman–Crippen LogP) is 2.04. The molecule has 2 aromatic heterocycles. The molecule has 6 heteroatoms. The minimum atomic E-state index is 0.0722. The maximum atomic E-state index is 12.2. The molecule has 5 nitrogen and oxygen atoms in total. The number of amides is 1. The van der Waals surface area contributed by atoms with E-state index in [1.807, 2.05) is 5.38 Å². The van der Waals surface area contributed by atoms with Crippen LogP contribution in [0.25, 0.3) is 0 Å². The first-order valence-corrected chi connectivity index (χ1v) is 7.92. The lowest BCUT2D eigenvalue weighted by atomic mass is 9.96. The highest BCUT2D eigenvalue weighted by Crippen LogP contribution is 2.30. The van der Waals surface area contributed by atoms with Crippen LogP contribution in [0.3, 0.4) is 0 Å². The fourth-order valence-corrected chi connectivity index (χ4v) is 3.70. The van der Waals surface area contributed by atoms with Crippen LogP contribution in [0, 0.1) is 0 Å². The highest BCUT2D eigenvalue weighted by Gasteiger charge is 2.19. The van der Waals surface area contributed by atoms with E-state index in [0.29, 0.717) is 6.54 Å². The summed E-state index contributed by atoms with van der Waals surface area (Å²) in [5, 5.41) is 9.06. The number of hydrogen-bond donors (Lipinski definition) is 1. The van der Waals surface area contributed by atoms with E-state index in [4.69, 9.17) is 0 Å². The van der Waals surface area contributed by atoms with Crippen molar-refractivity contribution in [2.45, 2.75) is 38.6 Å². The van der Waals surface area contributed by atoms with Gasteiger partial charge in [0.15, 0.2) is 0 Å². The summed E-state index contributed by atoms with van der Waals surface area (Å²) in [6, 6.07) is 0. The van der Waals surface area contributed by atoms with Crippen LogP contribution in [0.1, 0.15) is 40.1 Å². The Labute approximate surface area is 122 Å². The monoisotopic (exact) mass is 290 g/mol. The minimum absolute atomic E-state index is 0.0722. The molecule has 1 aliphatic rings. The molecule has 0 unspecified atom stereocenters. The highest BCUT2D eigenvalue weighted by molar-refractivity contribution is 7.10. The van der Waals surface area contributed by atoms with Gasteiger partial charge in [-0.2, -0.15) is 5.10 Å². The van der Waals surface area contributed by atoms with Gasteiger partial charge in [-0.15, -0.1) is 11.3 Å². The third-order valence-corrected chi connectivity index (χ3v) is 4.71. The first kappa shape index (κ1) is 13.3. The largest absolute Gasteiger partial charge is 0.352 e. The molecule has 3 rings (SSSR count). The Kier molecular flexibility index (Phi) is 4.11. The Balaban J connectivity index is 1.50. The van der Waals surface area contributed by atoms with Crippen molar-refractivity contribution in [3.05, 3.63) is 34.0 Å². The molecule has 20 heavy (non-hydrogen) atoms. The lowest BCUT2D eigenvalue weighted by Gasteiger charge is -2.12. The predicted molar refractivity (Wildman–Crippen MR) is 77.9 cm³/mol. The Morgan fingerprint density at radius 2 is 2.30 bits per heavy atom. The molecule has 0 spiro atoms. The normalized spacial score (nSPS) is 14.0. The van der Waals surface area contributed by atoms with Crippen LogP contribution in [0.15, 0.2) is 18.0 Å². The van der Waals surface area contributed by atoms with Crippen molar-refractivity contribution in [1.29, 1.82) is 0 Å². The Bertz CT molecular complexity index is 576. The quantitative estimate of drug-likeness (QED) is 0.857. The van der Waals surface area contributed by atoms with Crippen LogP contribution in [-0.2, 0) is 19.4 Å². The van der Waals surface area contributed by atoms with E-state index in [9.17, 15) is 4.79 Å². The second kappa shape index (κ2) is 6.17. The summed E-state index contributed by atoms with van der Waals surface area (Å²) in [5.74, 6) is 0.0722. The van der Waals surface area contributed by atoms with Gasteiger partial charge in [-0.25, -0.2) is 4.98 Å². The zero-order valence-electron chi connectivity index (χ0n) is 11.3. The molecule has 0 atom stereocenters. The third-order valence-electron chi connectivity index (χ3n) is 3.62. The smallest absolute Gasteiger partial charge is 0.252 e. The van der Waals surface area contributed by atoms with Crippen LogP contribution in [0.4, 0.5) is 0 Å². The van der Waals surface area contributed by atoms with Gasteiger partial charge in [0.05, 0.1) is 5.56 Å². The third kappa shape index (κ3) is 2.90. The minimum Gasteiger partial charge on any atom is -0.352 e. The van der Waals surface area contributed by atoms with Crippen LogP contribution in [-0.4, -0.2) is 27.2 Å². The summed E-state index contributed by atoms with van der Waals surface area (Å²) in [6.07, 6.45) is 8.73. The molecule has 0 fully saturated rings. The molecule has 1 N–H and O–H groups in total. The molecule has 0 saturated heterocycles. The number of thiophene rings is 1. The number of aromatic nitrogens is 3. The average molecular weight is 290 g/mol. The summed E-state index contributed by atoms with van der Waals surface area (Å²) in [7, 11) is 0. The van der Waals surface area contributed by atoms with Crippen LogP contribution in [0.5, 0.6) is 0 Å². The summed E-state index contributed by atoms with van der Waals surface area (Å²) in [5.41, 5.74) is 2.18. The Morgan fingerprint density at radius 3 is 3.15 bits per heavy atom. The second-order valence-corrected chi connectivity index (χ2v) is 5.99. The number of carbonyl (C=O) groups excluding carboxylic acids is 1. The van der Waals surface area contributed by atoms with Gasteiger partial charge in [-0.05, 0) is 37.7 Å². The van der Waals surface area contributed by atoms with E-state index < -0.39 is 0 Å². The zero-order chi connectivity index (χ0) is 13.8. The molecule has 0 bridgehead atoms. The summed E-state index contributed by atoms with van der Waals surface area (Å²) in [4.78, 5) is 17.5. The van der Waals surface area contributed by atoms with Gasteiger partial charge in [-0.1, -0.05) is 0 Å². The SMILES string of the molecule is O=C(NCCCn1cncn1)c1csc2c1CCCC2. The number of rotatable bonds is 5. The maximum Gasteiger partial charge on any atom is 0.252 e. The number of nitrogens with one attached hydrogen (secondary N) is 1. The molecule has 0 aromatic carbocycles. The Morgan fingerprint density at radius 1 is 1.40 bits per heavy atom. The molecule has 0 saturated carbocycles. The van der Waals surface area contributed by atoms with Crippen molar-refractivity contribution in [3.8, 4) is 0 Å². The first-order valence-electron chi connectivity index (χ1n) is 7.04. The number of nitrogens with zero attached hydrogens (tertiary/aromatic N) is 3. The second-order valence-electron chi connectivity index (χ2n) is 5.03. The molecule has 0 aliphatic heterocycles. The fraction of sp³-hybridized carbons (Fsp3) is 0.500. The lowest BCUT2D eigenvalue weighted by molar-refractivity contribution is 0.0952. The van der Waals surface area contributed by atoms with Gasteiger partial charge in [0.2, 0.25) is 0 Å². The van der Waals surface area contributed by atoms with E-state index in [0.717, 1.165) is 31.4 Å².